The summed E-state index contributed by atoms with van der Waals surface area (Å²) in [4.78, 5) is 30.0. The minimum Gasteiger partial charge on any atom is -0.463 e. The zero-order chi connectivity index (χ0) is 21.0. The summed E-state index contributed by atoms with van der Waals surface area (Å²) in [5.74, 6) is -0.388. The van der Waals surface area contributed by atoms with E-state index in [0.29, 0.717) is 23.9 Å². The van der Waals surface area contributed by atoms with Crippen LogP contribution in [0.2, 0.25) is 0 Å². The molecule has 0 bridgehead atoms. The molecule has 1 aromatic rings. The van der Waals surface area contributed by atoms with Crippen molar-refractivity contribution in [3.05, 3.63) is 46.7 Å². The Kier molecular flexibility index (Phi) is 6.92. The first kappa shape index (κ1) is 21.3. The van der Waals surface area contributed by atoms with Crippen LogP contribution < -0.4 is 10.6 Å². The first-order valence-corrected chi connectivity index (χ1v) is 10.4. The number of nitrogens with zero attached hydrogens (tertiary/aromatic N) is 2. The van der Waals surface area contributed by atoms with E-state index in [2.05, 4.69) is 34.3 Å². The molecule has 2 aliphatic heterocycles. The van der Waals surface area contributed by atoms with Crippen LogP contribution in [0.1, 0.15) is 37.9 Å². The summed E-state index contributed by atoms with van der Waals surface area (Å²) in [5.41, 5.74) is 3.12. The average molecular weight is 401 g/mol. The molecule has 0 radical (unpaired) electrons. The summed E-state index contributed by atoms with van der Waals surface area (Å²) in [7, 11) is 0. The van der Waals surface area contributed by atoms with Crippen LogP contribution in [0.3, 0.4) is 0 Å². The molecule has 2 N–H and O–H groups in total. The van der Waals surface area contributed by atoms with Crippen molar-refractivity contribution in [2.75, 3.05) is 39.3 Å². The van der Waals surface area contributed by atoms with Gasteiger partial charge in [-0.05, 0) is 33.3 Å². The van der Waals surface area contributed by atoms with Crippen LogP contribution in [0.25, 0.3) is 0 Å². The fourth-order valence-corrected chi connectivity index (χ4v) is 3.86. The van der Waals surface area contributed by atoms with E-state index in [4.69, 9.17) is 4.74 Å². The normalized spacial score (nSPS) is 21.1. The van der Waals surface area contributed by atoms with Crippen LogP contribution in [0.15, 0.2) is 35.5 Å². The Morgan fingerprint density at radius 1 is 1.17 bits per heavy atom. The van der Waals surface area contributed by atoms with Crippen LogP contribution in [-0.2, 0) is 9.53 Å². The van der Waals surface area contributed by atoms with Crippen molar-refractivity contribution >= 4 is 12.0 Å². The molecule has 0 aliphatic carbocycles. The van der Waals surface area contributed by atoms with Gasteiger partial charge in [0.25, 0.3) is 0 Å². The van der Waals surface area contributed by atoms with Gasteiger partial charge in [-0.1, -0.05) is 29.8 Å². The Labute approximate surface area is 173 Å². The Morgan fingerprint density at radius 2 is 1.83 bits per heavy atom. The lowest BCUT2D eigenvalue weighted by atomic mass is 9.94. The van der Waals surface area contributed by atoms with Gasteiger partial charge in [0, 0.05) is 44.5 Å². The summed E-state index contributed by atoms with van der Waals surface area (Å²) in [6, 6.07) is 7.58. The van der Waals surface area contributed by atoms with Crippen LogP contribution in [0.5, 0.6) is 0 Å². The van der Waals surface area contributed by atoms with E-state index in [9.17, 15) is 9.59 Å². The lowest BCUT2D eigenvalue weighted by Gasteiger charge is -2.38. The van der Waals surface area contributed by atoms with Crippen LogP contribution >= 0.6 is 0 Å². The Balaban J connectivity index is 1.88. The van der Waals surface area contributed by atoms with E-state index in [1.165, 1.54) is 0 Å². The molecule has 29 heavy (non-hydrogen) atoms. The van der Waals surface area contributed by atoms with Crippen LogP contribution in [0, 0.1) is 6.92 Å². The average Bonchev–Trinajstić information content (AvgIpc) is 2.68. The second-order valence-electron chi connectivity index (χ2n) is 7.96. The number of rotatable bonds is 6. The highest BCUT2D eigenvalue weighted by atomic mass is 16.5. The molecule has 0 spiro atoms. The maximum absolute atomic E-state index is 12.9. The molecule has 3 rings (SSSR count). The van der Waals surface area contributed by atoms with Gasteiger partial charge in [0.05, 0.1) is 18.2 Å². The van der Waals surface area contributed by atoms with Crippen molar-refractivity contribution in [2.24, 2.45) is 0 Å². The van der Waals surface area contributed by atoms with Crippen molar-refractivity contribution in [1.82, 2.24) is 20.4 Å². The summed E-state index contributed by atoms with van der Waals surface area (Å²) in [5, 5.41) is 5.77. The Morgan fingerprint density at radius 3 is 2.41 bits per heavy atom. The molecule has 0 aromatic heterocycles. The maximum atomic E-state index is 12.9. The molecule has 1 aromatic carbocycles. The van der Waals surface area contributed by atoms with Crippen molar-refractivity contribution in [3.63, 3.8) is 0 Å². The molecule has 2 amide bonds. The van der Waals surface area contributed by atoms with E-state index in [-0.39, 0.29) is 18.6 Å². The number of hydrogen-bond acceptors (Lipinski definition) is 5. The minimum absolute atomic E-state index is 0.289. The van der Waals surface area contributed by atoms with Crippen molar-refractivity contribution in [1.29, 1.82) is 0 Å². The largest absolute Gasteiger partial charge is 0.463 e. The van der Waals surface area contributed by atoms with Gasteiger partial charge < -0.3 is 15.4 Å². The monoisotopic (exact) mass is 400 g/mol. The summed E-state index contributed by atoms with van der Waals surface area (Å²) in [6.07, 6.45) is 0. The molecular formula is C22H32N4O3. The molecule has 1 atom stereocenters. The van der Waals surface area contributed by atoms with Crippen molar-refractivity contribution < 1.29 is 14.3 Å². The molecule has 2 aliphatic rings. The minimum atomic E-state index is -0.518. The lowest BCUT2D eigenvalue weighted by molar-refractivity contribution is -0.139. The highest BCUT2D eigenvalue weighted by Crippen LogP contribution is 2.28. The van der Waals surface area contributed by atoms with Gasteiger partial charge in [-0.15, -0.1) is 0 Å². The molecule has 158 valence electrons. The van der Waals surface area contributed by atoms with Gasteiger partial charge in [0.2, 0.25) is 0 Å². The first-order chi connectivity index (χ1) is 13.9. The molecule has 1 saturated heterocycles. The molecule has 1 fully saturated rings. The van der Waals surface area contributed by atoms with E-state index >= 15 is 0 Å². The number of benzene rings is 1. The Bertz CT molecular complexity index is 765. The summed E-state index contributed by atoms with van der Waals surface area (Å²) in [6.45, 7) is 12.8. The Hall–Kier alpha value is -2.38. The number of ether oxygens (including phenoxy) is 1. The fraction of sp³-hybridized carbons (Fsp3) is 0.545. The molecule has 7 heteroatoms. The standard InChI is InChI=1S/C22H32N4O3/c1-5-29-21(27)19-18(14-25-10-12-26(13-11-25)15(2)3)23-22(28)24-20(19)17-8-6-16(4)7-9-17/h6-9,15,20H,5,10-14H2,1-4H3,(H2,23,24,28). The summed E-state index contributed by atoms with van der Waals surface area (Å²) < 4.78 is 5.35. The van der Waals surface area contributed by atoms with Gasteiger partial charge >= 0.3 is 12.0 Å². The fourth-order valence-electron chi connectivity index (χ4n) is 3.86. The first-order valence-electron chi connectivity index (χ1n) is 10.4. The third-order valence-electron chi connectivity index (χ3n) is 5.58. The van der Waals surface area contributed by atoms with Crippen LogP contribution in [-0.4, -0.2) is 67.2 Å². The molecule has 1 unspecified atom stereocenters. The van der Waals surface area contributed by atoms with Gasteiger partial charge in [0.1, 0.15) is 0 Å². The SMILES string of the molecule is CCOC(=O)C1=C(CN2CCN(C(C)C)CC2)NC(=O)NC1c1ccc(C)cc1. The number of carbonyl (C=O) groups is 2. The number of esters is 1. The number of carbonyl (C=O) groups excluding carboxylic acids is 2. The van der Waals surface area contributed by atoms with Gasteiger partial charge in [-0.25, -0.2) is 9.59 Å². The van der Waals surface area contributed by atoms with Gasteiger partial charge in [-0.2, -0.15) is 0 Å². The molecular weight excluding hydrogens is 368 g/mol. The number of aryl methyl sites for hydroxylation is 1. The van der Waals surface area contributed by atoms with E-state index in [1.807, 2.05) is 31.2 Å². The zero-order valence-corrected chi connectivity index (χ0v) is 17.8. The third-order valence-corrected chi connectivity index (χ3v) is 5.58. The highest BCUT2D eigenvalue weighted by molar-refractivity contribution is 5.95. The second-order valence-corrected chi connectivity index (χ2v) is 7.96. The summed E-state index contributed by atoms with van der Waals surface area (Å²) >= 11 is 0. The second kappa shape index (κ2) is 9.41. The number of nitrogens with one attached hydrogen (secondary N) is 2. The molecule has 0 saturated carbocycles. The van der Waals surface area contributed by atoms with E-state index in [0.717, 1.165) is 37.3 Å². The van der Waals surface area contributed by atoms with Crippen molar-refractivity contribution in [3.8, 4) is 0 Å². The van der Waals surface area contributed by atoms with E-state index < -0.39 is 6.04 Å². The third kappa shape index (κ3) is 5.16. The molecule has 7 nitrogen and oxygen atoms in total. The van der Waals surface area contributed by atoms with Gasteiger partial charge in [-0.3, -0.25) is 9.80 Å². The predicted octanol–water partition coefficient (Wildman–Crippen LogP) is 2.19. The van der Waals surface area contributed by atoms with E-state index in [1.54, 1.807) is 6.92 Å². The quantitative estimate of drug-likeness (QED) is 0.716. The number of urea groups is 1. The molecule has 2 heterocycles. The maximum Gasteiger partial charge on any atom is 0.338 e. The number of hydrogen-bond donors (Lipinski definition) is 2. The zero-order valence-electron chi connectivity index (χ0n) is 17.8. The van der Waals surface area contributed by atoms with Crippen LogP contribution in [0.4, 0.5) is 4.79 Å². The number of piperazine rings is 1. The van der Waals surface area contributed by atoms with Gasteiger partial charge in [0.15, 0.2) is 0 Å². The van der Waals surface area contributed by atoms with Crippen molar-refractivity contribution in [2.45, 2.75) is 39.8 Å². The topological polar surface area (TPSA) is 73.9 Å². The smallest absolute Gasteiger partial charge is 0.338 e. The predicted molar refractivity (Wildman–Crippen MR) is 112 cm³/mol. The number of amides is 2. The highest BCUT2D eigenvalue weighted by Gasteiger charge is 2.34. The lowest BCUT2D eigenvalue weighted by Crippen LogP contribution is -2.52.